The number of sulfonamides is 1. The monoisotopic (exact) mass is 276 g/mol. The van der Waals surface area contributed by atoms with Crippen LogP contribution >= 0.6 is 0 Å². The molecule has 0 aliphatic heterocycles. The summed E-state index contributed by atoms with van der Waals surface area (Å²) < 4.78 is 26.8. The minimum absolute atomic E-state index is 0.123. The van der Waals surface area contributed by atoms with Crippen LogP contribution in [-0.2, 0) is 26.7 Å². The van der Waals surface area contributed by atoms with Crippen LogP contribution in [0, 0.1) is 0 Å². The maximum absolute atomic E-state index is 11.8. The molecule has 0 bridgehead atoms. The molecule has 0 radical (unpaired) electrons. The third kappa shape index (κ3) is 3.57. The number of rotatable bonds is 6. The van der Waals surface area contributed by atoms with Crippen LogP contribution in [0.15, 0.2) is 23.4 Å². The Kier molecular flexibility index (Phi) is 4.09. The molecule has 1 rings (SSSR count). The minimum Gasteiger partial charge on any atom is -0.481 e. The Balaban J connectivity index is 2.93. The van der Waals surface area contributed by atoms with Gasteiger partial charge in [0.05, 0.1) is 11.3 Å². The molecule has 1 heterocycles. The first-order valence-electron chi connectivity index (χ1n) is 4.81. The summed E-state index contributed by atoms with van der Waals surface area (Å²) >= 11 is 0. The number of hydrogen-bond donors (Lipinski definition) is 3. The zero-order valence-corrected chi connectivity index (χ0v) is 10.2. The van der Waals surface area contributed by atoms with Crippen molar-refractivity contribution in [2.24, 2.45) is 7.05 Å². The lowest BCUT2D eigenvalue weighted by molar-refractivity contribution is -0.145. The fourth-order valence-electron chi connectivity index (χ4n) is 1.25. The Morgan fingerprint density at radius 3 is 2.44 bits per heavy atom. The van der Waals surface area contributed by atoms with Gasteiger partial charge in [0.25, 0.3) is 0 Å². The highest BCUT2D eigenvalue weighted by Crippen LogP contribution is 2.10. The molecule has 0 amide bonds. The van der Waals surface area contributed by atoms with E-state index in [0.717, 1.165) is 0 Å². The van der Waals surface area contributed by atoms with Gasteiger partial charge in [0.1, 0.15) is 6.04 Å². The van der Waals surface area contributed by atoms with Gasteiger partial charge in [0.2, 0.25) is 10.0 Å². The SMILES string of the molecule is Cn1ccc(S(=O)(=O)NC(CC(=O)O)C(=O)O)c1. The summed E-state index contributed by atoms with van der Waals surface area (Å²) in [6.07, 6.45) is 1.92. The maximum atomic E-state index is 11.8. The Hall–Kier alpha value is -1.87. The van der Waals surface area contributed by atoms with E-state index in [0.29, 0.717) is 0 Å². The zero-order chi connectivity index (χ0) is 13.9. The predicted molar refractivity (Wildman–Crippen MR) is 59.4 cm³/mol. The first-order chi connectivity index (χ1) is 8.22. The molecule has 9 heteroatoms. The van der Waals surface area contributed by atoms with Crippen LogP contribution in [-0.4, -0.2) is 41.2 Å². The van der Waals surface area contributed by atoms with Gasteiger partial charge in [0, 0.05) is 19.4 Å². The smallest absolute Gasteiger partial charge is 0.322 e. The Bertz CT molecular complexity index is 561. The second-order valence-corrected chi connectivity index (χ2v) is 5.34. The molecule has 1 atom stereocenters. The molecule has 8 nitrogen and oxygen atoms in total. The quantitative estimate of drug-likeness (QED) is 0.626. The fourth-order valence-corrected chi connectivity index (χ4v) is 2.49. The molecule has 1 aromatic rings. The molecular formula is C9H12N2O6S. The summed E-state index contributed by atoms with van der Waals surface area (Å²) in [7, 11) is -2.44. The van der Waals surface area contributed by atoms with E-state index < -0.39 is 34.4 Å². The van der Waals surface area contributed by atoms with Crippen molar-refractivity contribution in [2.45, 2.75) is 17.4 Å². The van der Waals surface area contributed by atoms with Crippen molar-refractivity contribution in [2.75, 3.05) is 0 Å². The largest absolute Gasteiger partial charge is 0.481 e. The number of nitrogens with zero attached hydrogens (tertiary/aromatic N) is 1. The van der Waals surface area contributed by atoms with Crippen molar-refractivity contribution in [1.82, 2.24) is 9.29 Å². The first kappa shape index (κ1) is 14.2. The Morgan fingerprint density at radius 2 is 2.06 bits per heavy atom. The Labute approximate surface area is 103 Å². The number of carboxylic acid groups (broad SMARTS) is 2. The number of aromatic nitrogens is 1. The lowest BCUT2D eigenvalue weighted by Crippen LogP contribution is -2.42. The normalized spacial score (nSPS) is 13.2. The highest BCUT2D eigenvalue weighted by atomic mass is 32.2. The van der Waals surface area contributed by atoms with Crippen LogP contribution < -0.4 is 4.72 Å². The van der Waals surface area contributed by atoms with Crippen LogP contribution in [0.4, 0.5) is 0 Å². The van der Waals surface area contributed by atoms with E-state index in [1.54, 1.807) is 7.05 Å². The zero-order valence-electron chi connectivity index (χ0n) is 9.40. The maximum Gasteiger partial charge on any atom is 0.322 e. The molecule has 1 unspecified atom stereocenters. The fraction of sp³-hybridized carbons (Fsp3) is 0.333. The van der Waals surface area contributed by atoms with Crippen LogP contribution in [0.1, 0.15) is 6.42 Å². The molecule has 0 fully saturated rings. The van der Waals surface area contributed by atoms with Crippen molar-refractivity contribution in [3.8, 4) is 0 Å². The van der Waals surface area contributed by atoms with Gasteiger partial charge >= 0.3 is 11.9 Å². The first-order valence-corrected chi connectivity index (χ1v) is 6.29. The number of nitrogens with one attached hydrogen (secondary N) is 1. The molecule has 0 saturated heterocycles. The molecule has 0 aliphatic rings. The summed E-state index contributed by atoms with van der Waals surface area (Å²) in [5.41, 5.74) is 0. The highest BCUT2D eigenvalue weighted by molar-refractivity contribution is 7.89. The van der Waals surface area contributed by atoms with Gasteiger partial charge in [-0.3, -0.25) is 9.59 Å². The van der Waals surface area contributed by atoms with E-state index in [1.807, 2.05) is 4.72 Å². The molecule has 0 spiro atoms. The van der Waals surface area contributed by atoms with Gasteiger partial charge in [-0.1, -0.05) is 0 Å². The Morgan fingerprint density at radius 1 is 1.44 bits per heavy atom. The number of carbonyl (C=O) groups is 2. The standard InChI is InChI=1S/C9H12N2O6S/c1-11-3-2-6(5-11)18(16,17)10-7(9(14)15)4-8(12)13/h2-3,5,7,10H,4H2,1H3,(H,12,13)(H,14,15). The van der Waals surface area contributed by atoms with Crippen LogP contribution in [0.3, 0.4) is 0 Å². The van der Waals surface area contributed by atoms with Crippen molar-refractivity contribution in [3.05, 3.63) is 18.5 Å². The minimum atomic E-state index is -4.04. The number of carboxylic acids is 2. The second-order valence-electron chi connectivity index (χ2n) is 3.62. The lowest BCUT2D eigenvalue weighted by atomic mass is 10.2. The molecule has 18 heavy (non-hydrogen) atoms. The van der Waals surface area contributed by atoms with E-state index in [4.69, 9.17) is 10.2 Å². The topological polar surface area (TPSA) is 126 Å². The van der Waals surface area contributed by atoms with Crippen LogP contribution in [0.25, 0.3) is 0 Å². The summed E-state index contributed by atoms with van der Waals surface area (Å²) in [5, 5.41) is 17.2. The number of aliphatic carboxylic acids is 2. The van der Waals surface area contributed by atoms with Crippen molar-refractivity contribution >= 4 is 22.0 Å². The van der Waals surface area contributed by atoms with Gasteiger partial charge in [-0.2, -0.15) is 4.72 Å². The summed E-state index contributed by atoms with van der Waals surface area (Å²) in [5.74, 6) is -2.95. The average molecular weight is 276 g/mol. The van der Waals surface area contributed by atoms with Gasteiger partial charge in [0.15, 0.2) is 0 Å². The van der Waals surface area contributed by atoms with Crippen LogP contribution in [0.2, 0.25) is 0 Å². The van der Waals surface area contributed by atoms with Crippen molar-refractivity contribution in [1.29, 1.82) is 0 Å². The summed E-state index contributed by atoms with van der Waals surface area (Å²) in [4.78, 5) is 21.1. The summed E-state index contributed by atoms with van der Waals surface area (Å²) in [6, 6.07) is -0.421. The third-order valence-corrected chi connectivity index (χ3v) is 3.55. The molecule has 0 aromatic carbocycles. The highest BCUT2D eigenvalue weighted by Gasteiger charge is 2.27. The van der Waals surface area contributed by atoms with E-state index in [-0.39, 0.29) is 4.90 Å². The third-order valence-electron chi connectivity index (χ3n) is 2.09. The van der Waals surface area contributed by atoms with E-state index in [2.05, 4.69) is 0 Å². The summed E-state index contributed by atoms with van der Waals surface area (Å²) in [6.45, 7) is 0. The van der Waals surface area contributed by atoms with Gasteiger partial charge in [-0.05, 0) is 6.07 Å². The van der Waals surface area contributed by atoms with Gasteiger partial charge < -0.3 is 14.8 Å². The van der Waals surface area contributed by atoms with Crippen LogP contribution in [0.5, 0.6) is 0 Å². The van der Waals surface area contributed by atoms with Gasteiger partial charge in [-0.25, -0.2) is 8.42 Å². The number of aryl methyl sites for hydroxylation is 1. The molecule has 1 aromatic heterocycles. The van der Waals surface area contributed by atoms with Crippen molar-refractivity contribution in [3.63, 3.8) is 0 Å². The second kappa shape index (κ2) is 5.19. The number of hydrogen-bond acceptors (Lipinski definition) is 4. The molecule has 3 N–H and O–H groups in total. The molecule has 0 aliphatic carbocycles. The molecule has 100 valence electrons. The lowest BCUT2D eigenvalue weighted by Gasteiger charge is -2.11. The van der Waals surface area contributed by atoms with Crippen molar-refractivity contribution < 1.29 is 28.2 Å². The molecular weight excluding hydrogens is 264 g/mol. The molecule has 0 saturated carbocycles. The average Bonchev–Trinajstić information content (AvgIpc) is 2.63. The van der Waals surface area contributed by atoms with E-state index >= 15 is 0 Å². The van der Waals surface area contributed by atoms with Gasteiger partial charge in [-0.15, -0.1) is 0 Å². The van der Waals surface area contributed by atoms with E-state index in [1.165, 1.54) is 23.0 Å². The van der Waals surface area contributed by atoms with E-state index in [9.17, 15) is 18.0 Å². The predicted octanol–water partition coefficient (Wildman–Crippen LogP) is -0.769.